The van der Waals surface area contributed by atoms with Crippen LogP contribution >= 0.6 is 35.7 Å². The minimum atomic E-state index is -4.15. The van der Waals surface area contributed by atoms with Crippen LogP contribution in [0.25, 0.3) is 5.57 Å². The summed E-state index contributed by atoms with van der Waals surface area (Å²) >= 11 is 7.36. The van der Waals surface area contributed by atoms with E-state index in [9.17, 15) is 22.8 Å². The third kappa shape index (κ3) is 5.17. The van der Waals surface area contributed by atoms with E-state index in [1.54, 1.807) is 0 Å². The van der Waals surface area contributed by atoms with Gasteiger partial charge >= 0.3 is 0 Å². The second-order valence-corrected chi connectivity index (χ2v) is 12.5. The van der Waals surface area contributed by atoms with Gasteiger partial charge in [0.05, 0.1) is 10.3 Å². The number of hydrogen-bond donors (Lipinski definition) is 1. The van der Waals surface area contributed by atoms with E-state index in [1.165, 1.54) is 11.9 Å². The van der Waals surface area contributed by atoms with Gasteiger partial charge in [-0.1, -0.05) is 60.0 Å². The number of hydrogen-bond acceptors (Lipinski definition) is 9. The van der Waals surface area contributed by atoms with Gasteiger partial charge in [0, 0.05) is 38.5 Å². The van der Waals surface area contributed by atoms with Crippen LogP contribution in [0.2, 0.25) is 0 Å². The molecule has 3 aliphatic rings. The number of anilines is 1. The summed E-state index contributed by atoms with van der Waals surface area (Å²) < 4.78 is 27.2. The Labute approximate surface area is 217 Å². The normalized spacial score (nSPS) is 23.5. The van der Waals surface area contributed by atoms with Gasteiger partial charge in [0.1, 0.15) is 15.1 Å². The quantitative estimate of drug-likeness (QED) is 0.437. The Balaban J connectivity index is 1.66. The number of nitrogens with zero attached hydrogens (tertiary/aromatic N) is 3. The first-order valence-electron chi connectivity index (χ1n) is 10.4. The Kier molecular flexibility index (Phi) is 7.13. The lowest BCUT2D eigenvalue weighted by Crippen LogP contribution is -2.40. The van der Waals surface area contributed by atoms with Crippen molar-refractivity contribution in [2.45, 2.75) is 18.6 Å². The second kappa shape index (κ2) is 9.80. The fraction of sp³-hybridized carbons (Fsp3) is 0.273. The van der Waals surface area contributed by atoms with Gasteiger partial charge in [-0.25, -0.2) is 8.42 Å². The molecule has 0 radical (unpaired) electrons. The number of rotatable bonds is 5. The van der Waals surface area contributed by atoms with Gasteiger partial charge in [-0.2, -0.15) is 0 Å². The highest BCUT2D eigenvalue weighted by Crippen LogP contribution is 2.45. The molecule has 0 aliphatic carbocycles. The van der Waals surface area contributed by atoms with Gasteiger partial charge in [-0.05, 0) is 24.1 Å². The summed E-state index contributed by atoms with van der Waals surface area (Å²) in [4.78, 5) is 42.0. The first kappa shape index (κ1) is 25.5. The van der Waals surface area contributed by atoms with E-state index < -0.39 is 38.9 Å². The second-order valence-electron chi connectivity index (χ2n) is 7.98. The van der Waals surface area contributed by atoms with Crippen LogP contribution in [-0.4, -0.2) is 65.5 Å². The van der Waals surface area contributed by atoms with E-state index in [4.69, 9.17) is 12.2 Å². The number of nitrogens with one attached hydrogen (secondary N) is 1. The molecule has 2 fully saturated rings. The number of thiocarbonyl (C=S) groups is 1. The van der Waals surface area contributed by atoms with Crippen molar-refractivity contribution < 1.29 is 22.8 Å². The average molecular weight is 551 g/mol. The molecular formula is C22H22N4O5S4. The SMILES string of the molecule is CC(=O)NS(=O)(=O)CN1C(=O)C(C/C=C2\C=CN(C)c3ccccc32)S/C1=C1\SC(=S)N(C)C1=O. The maximum atomic E-state index is 13.3. The molecule has 2 saturated heterocycles. The minimum absolute atomic E-state index is 0.202. The number of sulfonamides is 1. The molecule has 0 bridgehead atoms. The van der Waals surface area contributed by atoms with Crippen LogP contribution in [0.5, 0.6) is 0 Å². The Bertz CT molecular complexity index is 1330. The molecule has 0 saturated carbocycles. The van der Waals surface area contributed by atoms with Crippen LogP contribution in [-0.2, 0) is 24.4 Å². The van der Waals surface area contributed by atoms with E-state index in [0.717, 1.165) is 52.2 Å². The van der Waals surface area contributed by atoms with Crippen LogP contribution in [0.1, 0.15) is 18.9 Å². The Morgan fingerprint density at radius 3 is 2.60 bits per heavy atom. The van der Waals surface area contributed by atoms with Crippen molar-refractivity contribution in [1.29, 1.82) is 0 Å². The predicted octanol–water partition coefficient (Wildman–Crippen LogP) is 2.45. The molecule has 35 heavy (non-hydrogen) atoms. The Morgan fingerprint density at radius 2 is 1.94 bits per heavy atom. The molecule has 4 rings (SSSR count). The van der Waals surface area contributed by atoms with E-state index in [1.807, 2.05) is 59.3 Å². The molecule has 3 amide bonds. The number of allylic oxidation sites excluding steroid dienone is 3. The van der Waals surface area contributed by atoms with Crippen molar-refractivity contribution in [1.82, 2.24) is 14.5 Å². The number of benzene rings is 1. The average Bonchev–Trinajstić information content (AvgIpc) is 3.22. The molecule has 1 aromatic rings. The van der Waals surface area contributed by atoms with Crippen molar-refractivity contribution in [2.24, 2.45) is 0 Å². The van der Waals surface area contributed by atoms with Crippen LogP contribution in [0.4, 0.5) is 5.69 Å². The number of amides is 3. The molecule has 184 valence electrons. The monoisotopic (exact) mass is 550 g/mol. The first-order chi connectivity index (χ1) is 16.5. The number of carbonyl (C=O) groups is 3. The fourth-order valence-electron chi connectivity index (χ4n) is 3.76. The highest BCUT2D eigenvalue weighted by molar-refractivity contribution is 8.27. The molecule has 13 heteroatoms. The summed E-state index contributed by atoms with van der Waals surface area (Å²) in [6.07, 6.45) is 6.14. The molecule has 1 atom stereocenters. The Morgan fingerprint density at radius 1 is 1.23 bits per heavy atom. The zero-order valence-electron chi connectivity index (χ0n) is 19.0. The Hall–Kier alpha value is -2.61. The third-order valence-corrected chi connectivity index (χ3v) is 9.62. The van der Waals surface area contributed by atoms with E-state index >= 15 is 0 Å². The maximum Gasteiger partial charge on any atom is 0.268 e. The molecule has 0 spiro atoms. The van der Waals surface area contributed by atoms with Crippen LogP contribution in [0, 0.1) is 0 Å². The van der Waals surface area contributed by atoms with Crippen LogP contribution in [0.15, 0.2) is 52.6 Å². The number of thioether (sulfide) groups is 2. The fourth-order valence-corrected chi connectivity index (χ4v) is 7.53. The largest absolute Gasteiger partial charge is 0.351 e. The molecule has 1 unspecified atom stereocenters. The van der Waals surface area contributed by atoms with Gasteiger partial charge in [0.2, 0.25) is 11.8 Å². The molecule has 1 aromatic carbocycles. The number of para-hydroxylation sites is 1. The van der Waals surface area contributed by atoms with Crippen molar-refractivity contribution >= 4 is 79.1 Å². The van der Waals surface area contributed by atoms with Gasteiger partial charge in [-0.15, -0.1) is 0 Å². The van der Waals surface area contributed by atoms with Gasteiger partial charge in [0.15, 0.2) is 0 Å². The number of fused-ring (bicyclic) bond motifs is 1. The van der Waals surface area contributed by atoms with E-state index in [0.29, 0.717) is 10.7 Å². The molecular weight excluding hydrogens is 529 g/mol. The standard InChI is InChI=1S/C22H22N4O5S4/c1-13(27)23-35(30,31)12-26-19(28)17(33-21(26)18-20(29)25(3)22(32)34-18)9-8-14-10-11-24(2)16-7-5-4-6-15(14)16/h4-8,10-11,17H,9,12H2,1-3H3,(H,23,27)/b14-8+,21-18-. The lowest BCUT2D eigenvalue weighted by molar-refractivity contribution is -0.127. The summed E-state index contributed by atoms with van der Waals surface area (Å²) in [5, 5.41) is -0.418. The summed E-state index contributed by atoms with van der Waals surface area (Å²) in [5.41, 5.74) is 2.99. The van der Waals surface area contributed by atoms with Crippen molar-refractivity contribution in [2.75, 3.05) is 24.9 Å². The minimum Gasteiger partial charge on any atom is -0.351 e. The smallest absolute Gasteiger partial charge is 0.268 e. The molecule has 3 aliphatic heterocycles. The van der Waals surface area contributed by atoms with E-state index in [-0.39, 0.29) is 9.93 Å². The van der Waals surface area contributed by atoms with Gasteiger partial charge in [0.25, 0.3) is 15.9 Å². The number of likely N-dealkylation sites (N-methyl/N-ethyl adjacent to an activating group) is 1. The first-order valence-corrected chi connectivity index (χ1v) is 14.2. The van der Waals surface area contributed by atoms with Crippen LogP contribution in [0.3, 0.4) is 0 Å². The van der Waals surface area contributed by atoms with Crippen molar-refractivity contribution in [3.05, 3.63) is 58.1 Å². The molecule has 9 nitrogen and oxygen atoms in total. The molecule has 3 heterocycles. The maximum absolute atomic E-state index is 13.3. The van der Waals surface area contributed by atoms with Crippen molar-refractivity contribution in [3.63, 3.8) is 0 Å². The zero-order chi connectivity index (χ0) is 25.5. The van der Waals surface area contributed by atoms with Crippen molar-refractivity contribution in [3.8, 4) is 0 Å². The summed E-state index contributed by atoms with van der Waals surface area (Å²) in [7, 11) is -0.675. The highest BCUT2D eigenvalue weighted by atomic mass is 32.2. The van der Waals surface area contributed by atoms with Crippen LogP contribution < -0.4 is 9.62 Å². The van der Waals surface area contributed by atoms with E-state index in [2.05, 4.69) is 0 Å². The number of carbonyl (C=O) groups excluding carboxylic acids is 3. The highest BCUT2D eigenvalue weighted by Gasteiger charge is 2.44. The lowest BCUT2D eigenvalue weighted by atomic mass is 9.99. The third-order valence-electron chi connectivity index (χ3n) is 5.42. The predicted molar refractivity (Wildman–Crippen MR) is 142 cm³/mol. The lowest BCUT2D eigenvalue weighted by Gasteiger charge is -2.23. The topological polar surface area (TPSA) is 107 Å². The molecule has 1 N–H and O–H groups in total. The summed E-state index contributed by atoms with van der Waals surface area (Å²) in [5.74, 6) is -2.40. The van der Waals surface area contributed by atoms with Gasteiger partial charge in [-0.3, -0.25) is 28.9 Å². The molecule has 0 aromatic heterocycles. The summed E-state index contributed by atoms with van der Waals surface area (Å²) in [6.45, 7) is 1.07. The van der Waals surface area contributed by atoms with Gasteiger partial charge < -0.3 is 4.90 Å². The zero-order valence-corrected chi connectivity index (χ0v) is 22.3. The summed E-state index contributed by atoms with van der Waals surface area (Å²) in [6, 6.07) is 7.89.